The Kier molecular flexibility index (Phi) is 2.20. The molecule has 11 heavy (non-hydrogen) atoms. The van der Waals surface area contributed by atoms with Gasteiger partial charge in [-0.25, -0.2) is 0 Å². The monoisotopic (exact) mass is 176 g/mol. The molecule has 1 fully saturated rings. The second-order valence-electron chi connectivity index (χ2n) is 2.71. The third-order valence-corrected chi connectivity index (χ3v) is 1.32. The smallest absolute Gasteiger partial charge is 0.248 e. The number of carbonyl (C=O) groups excluding carboxylic acids is 1. The van der Waals surface area contributed by atoms with Gasteiger partial charge in [-0.2, -0.15) is 0 Å². The van der Waals surface area contributed by atoms with Gasteiger partial charge in [0.05, 0.1) is 0 Å². The molecule has 1 aliphatic rings. The van der Waals surface area contributed by atoms with Gasteiger partial charge in [0.25, 0.3) is 0 Å². The van der Waals surface area contributed by atoms with Gasteiger partial charge in [0.1, 0.15) is 12.4 Å². The molecule has 0 aromatic carbocycles. The lowest BCUT2D eigenvalue weighted by Gasteiger charge is -2.14. The van der Waals surface area contributed by atoms with Gasteiger partial charge in [0, 0.05) is 19.9 Å². The van der Waals surface area contributed by atoms with E-state index in [1.54, 1.807) is 13.8 Å². The highest BCUT2D eigenvalue weighted by Crippen LogP contribution is 2.24. The topological polar surface area (TPSA) is 35.5 Å². The van der Waals surface area contributed by atoms with Crippen LogP contribution in [-0.4, -0.2) is 17.6 Å². The van der Waals surface area contributed by atoms with Gasteiger partial charge < -0.3 is 9.47 Å². The summed E-state index contributed by atoms with van der Waals surface area (Å²) in [6, 6.07) is 0. The van der Waals surface area contributed by atoms with E-state index in [-0.39, 0.29) is 0 Å². The van der Waals surface area contributed by atoms with Gasteiger partial charge >= 0.3 is 0 Å². The van der Waals surface area contributed by atoms with Crippen molar-refractivity contribution in [3.63, 3.8) is 0 Å². The third-order valence-electron chi connectivity index (χ3n) is 1.21. The number of halogens is 1. The van der Waals surface area contributed by atoms with Gasteiger partial charge in [0.15, 0.2) is 0 Å². The highest BCUT2D eigenvalue weighted by molar-refractivity contribution is 6.66. The number of hydrogen-bond acceptors (Lipinski definition) is 3. The fourth-order valence-corrected chi connectivity index (χ4v) is 0.939. The van der Waals surface area contributed by atoms with E-state index in [1.165, 1.54) is 6.08 Å². The summed E-state index contributed by atoms with van der Waals surface area (Å²) in [6.45, 7) is 3.85. The van der Waals surface area contributed by atoms with Crippen LogP contribution >= 0.6 is 11.6 Å². The van der Waals surface area contributed by atoms with Crippen molar-refractivity contribution in [3.05, 3.63) is 11.8 Å². The van der Waals surface area contributed by atoms with E-state index in [4.69, 9.17) is 21.1 Å². The van der Waals surface area contributed by atoms with Crippen molar-refractivity contribution in [2.24, 2.45) is 0 Å². The molecule has 0 aromatic heterocycles. The highest BCUT2D eigenvalue weighted by Gasteiger charge is 2.29. The Bertz CT molecular complexity index is 208. The first kappa shape index (κ1) is 8.56. The van der Waals surface area contributed by atoms with E-state index in [9.17, 15) is 4.79 Å². The Hall–Kier alpha value is -0.540. The number of rotatable bonds is 1. The van der Waals surface area contributed by atoms with Gasteiger partial charge in [-0.15, -0.1) is 0 Å². The Morgan fingerprint density at radius 1 is 1.73 bits per heavy atom. The second kappa shape index (κ2) is 2.83. The summed E-state index contributed by atoms with van der Waals surface area (Å²) in [7, 11) is 0. The molecule has 1 heterocycles. The summed E-state index contributed by atoms with van der Waals surface area (Å²) in [5, 5.41) is -0.540. The minimum atomic E-state index is -0.627. The van der Waals surface area contributed by atoms with Gasteiger partial charge in [0.2, 0.25) is 11.0 Å². The first-order chi connectivity index (χ1) is 4.99. The van der Waals surface area contributed by atoms with Gasteiger partial charge in [-0.05, 0) is 11.6 Å². The normalized spacial score (nSPS) is 25.2. The maximum Gasteiger partial charge on any atom is 0.248 e. The number of allylic oxidation sites excluding steroid dienone is 1. The average Bonchev–Trinajstić information content (AvgIpc) is 2.08. The molecule has 0 aromatic rings. The molecule has 0 bridgehead atoms. The molecule has 0 atom stereocenters. The molecular weight excluding hydrogens is 168 g/mol. The van der Waals surface area contributed by atoms with Crippen LogP contribution in [0.25, 0.3) is 0 Å². The van der Waals surface area contributed by atoms with Crippen molar-refractivity contribution in [2.45, 2.75) is 19.6 Å². The van der Waals surface area contributed by atoms with Crippen LogP contribution in [0, 0.1) is 0 Å². The molecular formula is C7H9ClO3. The van der Waals surface area contributed by atoms with Crippen molar-refractivity contribution < 1.29 is 14.3 Å². The number of hydrogen-bond donors (Lipinski definition) is 0. The fourth-order valence-electron chi connectivity index (χ4n) is 0.817. The Labute approximate surface area is 69.9 Å². The van der Waals surface area contributed by atoms with E-state index in [0.717, 1.165) is 0 Å². The molecule has 62 valence electrons. The maximum atomic E-state index is 10.4. The van der Waals surface area contributed by atoms with Crippen LogP contribution in [-0.2, 0) is 14.3 Å². The van der Waals surface area contributed by atoms with Crippen LogP contribution in [0.2, 0.25) is 0 Å². The first-order valence-electron chi connectivity index (χ1n) is 3.23. The third kappa shape index (κ3) is 2.52. The molecule has 0 unspecified atom stereocenters. The molecule has 0 amide bonds. The van der Waals surface area contributed by atoms with E-state index in [2.05, 4.69) is 0 Å². The SMILES string of the molecule is CC1(C)OC/C(=C\C(=O)Cl)O1. The predicted octanol–water partition coefficient (Wildman–Crippen LogP) is 1.42. The molecule has 0 saturated carbocycles. The summed E-state index contributed by atoms with van der Waals surface area (Å²) >= 11 is 5.10. The molecule has 4 heteroatoms. The summed E-state index contributed by atoms with van der Waals surface area (Å²) in [5.41, 5.74) is 0. The minimum Gasteiger partial charge on any atom is -0.465 e. The molecule has 1 saturated heterocycles. The van der Waals surface area contributed by atoms with Crippen molar-refractivity contribution in [3.8, 4) is 0 Å². The molecule has 0 spiro atoms. The van der Waals surface area contributed by atoms with Gasteiger partial charge in [-0.1, -0.05) is 0 Å². The van der Waals surface area contributed by atoms with Crippen molar-refractivity contribution >= 4 is 16.8 Å². The van der Waals surface area contributed by atoms with Crippen molar-refractivity contribution in [2.75, 3.05) is 6.61 Å². The zero-order valence-electron chi connectivity index (χ0n) is 6.39. The maximum absolute atomic E-state index is 10.4. The van der Waals surface area contributed by atoms with E-state index in [1.807, 2.05) is 0 Å². The van der Waals surface area contributed by atoms with Crippen molar-refractivity contribution in [1.29, 1.82) is 0 Å². The second-order valence-corrected chi connectivity index (χ2v) is 3.08. The van der Waals surface area contributed by atoms with Crippen LogP contribution in [0.1, 0.15) is 13.8 Å². The molecule has 0 radical (unpaired) electrons. The lowest BCUT2D eigenvalue weighted by Crippen LogP contribution is -2.18. The lowest BCUT2D eigenvalue weighted by molar-refractivity contribution is -0.117. The Morgan fingerprint density at radius 2 is 2.36 bits per heavy atom. The molecule has 1 aliphatic heterocycles. The van der Waals surface area contributed by atoms with Gasteiger partial charge in [-0.3, -0.25) is 4.79 Å². The van der Waals surface area contributed by atoms with E-state index >= 15 is 0 Å². The summed E-state index contributed by atoms with van der Waals surface area (Å²) in [5.74, 6) is -0.145. The summed E-state index contributed by atoms with van der Waals surface area (Å²) in [6.07, 6.45) is 1.22. The highest BCUT2D eigenvalue weighted by atomic mass is 35.5. The lowest BCUT2D eigenvalue weighted by atomic mass is 10.4. The van der Waals surface area contributed by atoms with Crippen LogP contribution in [0.4, 0.5) is 0 Å². The molecule has 3 nitrogen and oxygen atoms in total. The quantitative estimate of drug-likeness (QED) is 0.448. The molecule has 1 rings (SSSR count). The van der Waals surface area contributed by atoms with E-state index < -0.39 is 11.0 Å². The Morgan fingerprint density at radius 3 is 2.73 bits per heavy atom. The fraction of sp³-hybridized carbons (Fsp3) is 0.571. The van der Waals surface area contributed by atoms with Crippen LogP contribution < -0.4 is 0 Å². The minimum absolute atomic E-state index is 0.311. The Balaban J connectivity index is 2.61. The predicted molar refractivity (Wildman–Crippen MR) is 40.1 cm³/mol. The molecule has 0 N–H and O–H groups in total. The largest absolute Gasteiger partial charge is 0.465 e. The van der Waals surface area contributed by atoms with Crippen molar-refractivity contribution in [1.82, 2.24) is 0 Å². The zero-order chi connectivity index (χ0) is 8.48. The standard InChI is InChI=1S/C7H9ClO3/c1-7(2)10-4-5(11-7)3-6(8)9/h3H,4H2,1-2H3/b5-3+. The van der Waals surface area contributed by atoms with Crippen LogP contribution in [0.15, 0.2) is 11.8 Å². The summed E-state index contributed by atoms with van der Waals surface area (Å²) < 4.78 is 10.3. The number of carbonyl (C=O) groups is 1. The number of ether oxygens (including phenoxy) is 2. The first-order valence-corrected chi connectivity index (χ1v) is 3.60. The van der Waals surface area contributed by atoms with Crippen LogP contribution in [0.3, 0.4) is 0 Å². The molecule has 0 aliphatic carbocycles. The summed E-state index contributed by atoms with van der Waals surface area (Å²) in [4.78, 5) is 10.4. The van der Waals surface area contributed by atoms with Crippen LogP contribution in [0.5, 0.6) is 0 Å². The zero-order valence-corrected chi connectivity index (χ0v) is 7.14. The van der Waals surface area contributed by atoms with E-state index in [0.29, 0.717) is 12.4 Å². The average molecular weight is 177 g/mol.